The van der Waals surface area contributed by atoms with E-state index >= 15 is 0 Å². The maximum absolute atomic E-state index is 10.6. The summed E-state index contributed by atoms with van der Waals surface area (Å²) in [7, 11) is 0. The predicted molar refractivity (Wildman–Crippen MR) is 80.5 cm³/mol. The van der Waals surface area contributed by atoms with E-state index in [4.69, 9.17) is 11.6 Å². The molecule has 0 saturated heterocycles. The molecule has 0 unspecified atom stereocenters. The zero-order valence-corrected chi connectivity index (χ0v) is 11.5. The fourth-order valence-corrected chi connectivity index (χ4v) is 1.74. The van der Waals surface area contributed by atoms with E-state index < -0.39 is 4.92 Å². The molecule has 0 aliphatic heterocycles. The molecule has 0 amide bonds. The largest absolute Gasteiger partial charge is 0.278 e. The number of anilines is 1. The molecule has 0 bridgehead atoms. The van der Waals surface area contributed by atoms with Gasteiger partial charge in [-0.2, -0.15) is 5.10 Å². The number of nitrogens with zero attached hydrogens (tertiary/aromatic N) is 2. The molecule has 2 aromatic carbocycles. The molecule has 1 N–H and O–H groups in total. The van der Waals surface area contributed by atoms with Crippen LogP contribution in [0.15, 0.2) is 47.6 Å². The second-order valence-electron chi connectivity index (χ2n) is 4.19. The SMILES string of the molecule is Cc1ccc(N/N=C\c2cccc([N+](=O)[O-])c2)cc1Cl. The van der Waals surface area contributed by atoms with Crippen molar-refractivity contribution in [2.24, 2.45) is 5.10 Å². The minimum absolute atomic E-state index is 0.0346. The predicted octanol–water partition coefficient (Wildman–Crippen LogP) is 4.00. The van der Waals surface area contributed by atoms with Crippen molar-refractivity contribution >= 4 is 29.2 Å². The highest BCUT2D eigenvalue weighted by atomic mass is 35.5. The molecule has 0 aliphatic rings. The van der Waals surface area contributed by atoms with Crippen LogP contribution in [-0.4, -0.2) is 11.1 Å². The van der Waals surface area contributed by atoms with Gasteiger partial charge in [0, 0.05) is 22.7 Å². The lowest BCUT2D eigenvalue weighted by Gasteiger charge is -2.02. The van der Waals surface area contributed by atoms with Gasteiger partial charge in [-0.05, 0) is 24.6 Å². The first-order valence-electron chi connectivity index (χ1n) is 5.86. The first-order chi connectivity index (χ1) is 9.56. The summed E-state index contributed by atoms with van der Waals surface area (Å²) in [5.74, 6) is 0. The van der Waals surface area contributed by atoms with Crippen molar-refractivity contribution in [2.45, 2.75) is 6.92 Å². The third-order valence-electron chi connectivity index (χ3n) is 2.66. The highest BCUT2D eigenvalue weighted by molar-refractivity contribution is 6.31. The van der Waals surface area contributed by atoms with Gasteiger partial charge >= 0.3 is 0 Å². The number of nitrogens with one attached hydrogen (secondary N) is 1. The number of rotatable bonds is 4. The Morgan fingerprint density at radius 1 is 1.30 bits per heavy atom. The highest BCUT2D eigenvalue weighted by Crippen LogP contribution is 2.19. The standard InChI is InChI=1S/C14H12ClN3O2/c1-10-5-6-12(8-14(10)15)17-16-9-11-3-2-4-13(7-11)18(19)20/h2-9,17H,1H3/b16-9-. The second kappa shape index (κ2) is 6.16. The first-order valence-corrected chi connectivity index (χ1v) is 6.24. The van der Waals surface area contributed by atoms with E-state index in [1.807, 2.05) is 19.1 Å². The van der Waals surface area contributed by atoms with Crippen molar-refractivity contribution in [3.8, 4) is 0 Å². The van der Waals surface area contributed by atoms with E-state index in [0.717, 1.165) is 11.3 Å². The normalized spacial score (nSPS) is 10.7. The lowest BCUT2D eigenvalue weighted by molar-refractivity contribution is -0.384. The van der Waals surface area contributed by atoms with Gasteiger partial charge in [-0.1, -0.05) is 29.8 Å². The first kappa shape index (κ1) is 14.0. The summed E-state index contributed by atoms with van der Waals surface area (Å²) < 4.78 is 0. The average molecular weight is 290 g/mol. The maximum Gasteiger partial charge on any atom is 0.270 e. The number of hydrogen-bond donors (Lipinski definition) is 1. The van der Waals surface area contributed by atoms with E-state index in [9.17, 15) is 10.1 Å². The van der Waals surface area contributed by atoms with Gasteiger partial charge in [0.1, 0.15) is 0 Å². The summed E-state index contributed by atoms with van der Waals surface area (Å²) >= 11 is 6.00. The van der Waals surface area contributed by atoms with Crippen LogP contribution in [-0.2, 0) is 0 Å². The zero-order valence-electron chi connectivity index (χ0n) is 10.7. The van der Waals surface area contributed by atoms with Crippen LogP contribution in [0, 0.1) is 17.0 Å². The molecule has 2 aromatic rings. The number of nitro benzene ring substituents is 1. The van der Waals surface area contributed by atoms with Crippen molar-refractivity contribution in [3.63, 3.8) is 0 Å². The van der Waals surface area contributed by atoms with E-state index in [0.29, 0.717) is 10.6 Å². The van der Waals surface area contributed by atoms with E-state index in [1.165, 1.54) is 18.3 Å². The fraction of sp³-hybridized carbons (Fsp3) is 0.0714. The average Bonchev–Trinajstić information content (AvgIpc) is 2.43. The van der Waals surface area contributed by atoms with Crippen LogP contribution < -0.4 is 5.43 Å². The van der Waals surface area contributed by atoms with Crippen LogP contribution in [0.25, 0.3) is 0 Å². The third kappa shape index (κ3) is 3.55. The van der Waals surface area contributed by atoms with Crippen molar-refractivity contribution in [3.05, 3.63) is 68.7 Å². The molecule has 6 heteroatoms. The van der Waals surface area contributed by atoms with Crippen molar-refractivity contribution in [1.82, 2.24) is 0 Å². The topological polar surface area (TPSA) is 67.5 Å². The number of nitro groups is 1. The van der Waals surface area contributed by atoms with E-state index in [1.54, 1.807) is 18.2 Å². The van der Waals surface area contributed by atoms with Gasteiger partial charge in [-0.25, -0.2) is 0 Å². The van der Waals surface area contributed by atoms with Crippen LogP contribution in [0.3, 0.4) is 0 Å². The highest BCUT2D eigenvalue weighted by Gasteiger charge is 2.03. The Morgan fingerprint density at radius 3 is 2.80 bits per heavy atom. The summed E-state index contributed by atoms with van der Waals surface area (Å²) in [5.41, 5.74) is 5.24. The van der Waals surface area contributed by atoms with Crippen molar-refractivity contribution < 1.29 is 4.92 Å². The second-order valence-corrected chi connectivity index (χ2v) is 4.59. The maximum atomic E-state index is 10.6. The molecule has 0 saturated carbocycles. The van der Waals surface area contributed by atoms with Gasteiger partial charge in [-0.15, -0.1) is 0 Å². The summed E-state index contributed by atoms with van der Waals surface area (Å²) in [6.45, 7) is 1.92. The Balaban J connectivity index is 2.08. The quantitative estimate of drug-likeness (QED) is 0.525. The smallest absolute Gasteiger partial charge is 0.270 e. The molecule has 0 aromatic heterocycles. The fourth-order valence-electron chi connectivity index (χ4n) is 1.56. The zero-order chi connectivity index (χ0) is 14.5. The summed E-state index contributed by atoms with van der Waals surface area (Å²) in [6, 6.07) is 11.7. The molecule has 102 valence electrons. The Morgan fingerprint density at radius 2 is 2.10 bits per heavy atom. The lowest BCUT2D eigenvalue weighted by Crippen LogP contribution is -1.93. The number of hydrazone groups is 1. The Bertz CT molecular complexity index is 671. The van der Waals surface area contributed by atoms with Crippen molar-refractivity contribution in [2.75, 3.05) is 5.43 Å². The van der Waals surface area contributed by atoms with E-state index in [2.05, 4.69) is 10.5 Å². The minimum atomic E-state index is -0.440. The van der Waals surface area contributed by atoms with Crippen LogP contribution in [0.5, 0.6) is 0 Å². The molecule has 0 radical (unpaired) electrons. The Kier molecular flexibility index (Phi) is 4.32. The molecule has 5 nitrogen and oxygen atoms in total. The molecule has 2 rings (SSSR count). The van der Waals surface area contributed by atoms with Gasteiger partial charge in [0.05, 0.1) is 16.8 Å². The van der Waals surface area contributed by atoms with Gasteiger partial charge in [0.25, 0.3) is 5.69 Å². The van der Waals surface area contributed by atoms with Crippen LogP contribution in [0.1, 0.15) is 11.1 Å². The number of hydrogen-bond acceptors (Lipinski definition) is 4. The molecule has 0 atom stereocenters. The van der Waals surface area contributed by atoms with Gasteiger partial charge < -0.3 is 0 Å². The number of non-ortho nitro benzene ring substituents is 1. The lowest BCUT2D eigenvalue weighted by atomic mass is 10.2. The molecule has 0 spiro atoms. The van der Waals surface area contributed by atoms with Gasteiger partial charge in [0.2, 0.25) is 0 Å². The number of benzene rings is 2. The molecular weight excluding hydrogens is 278 g/mol. The van der Waals surface area contributed by atoms with Gasteiger partial charge in [0.15, 0.2) is 0 Å². The summed E-state index contributed by atoms with van der Waals surface area (Å²) in [4.78, 5) is 10.2. The van der Waals surface area contributed by atoms with E-state index in [-0.39, 0.29) is 5.69 Å². The summed E-state index contributed by atoms with van der Waals surface area (Å²) in [6.07, 6.45) is 1.51. The van der Waals surface area contributed by atoms with Crippen LogP contribution >= 0.6 is 11.6 Å². The Labute approximate surface area is 121 Å². The third-order valence-corrected chi connectivity index (χ3v) is 3.07. The van der Waals surface area contributed by atoms with Crippen molar-refractivity contribution in [1.29, 1.82) is 0 Å². The Hall–Kier alpha value is -2.40. The minimum Gasteiger partial charge on any atom is -0.278 e. The molecule has 0 heterocycles. The number of halogens is 1. The molecule has 0 aliphatic carbocycles. The molecule has 20 heavy (non-hydrogen) atoms. The molecular formula is C14H12ClN3O2. The monoisotopic (exact) mass is 289 g/mol. The molecule has 0 fully saturated rings. The number of aryl methyl sites for hydroxylation is 1. The summed E-state index contributed by atoms with van der Waals surface area (Å²) in [5, 5.41) is 15.3. The van der Waals surface area contributed by atoms with Gasteiger partial charge in [-0.3, -0.25) is 15.5 Å². The van der Waals surface area contributed by atoms with Crippen LogP contribution in [0.4, 0.5) is 11.4 Å². The van der Waals surface area contributed by atoms with Crippen LogP contribution in [0.2, 0.25) is 5.02 Å².